The van der Waals surface area contributed by atoms with E-state index < -0.39 is 5.97 Å². The molecule has 0 saturated heterocycles. The van der Waals surface area contributed by atoms with Crippen molar-refractivity contribution < 1.29 is 14.7 Å². The lowest BCUT2D eigenvalue weighted by molar-refractivity contribution is 0.0695. The molecule has 1 aromatic carbocycles. The average molecular weight is 340 g/mol. The maximum atomic E-state index is 11.9. The van der Waals surface area contributed by atoms with Crippen LogP contribution in [0.4, 0.5) is 5.69 Å². The van der Waals surface area contributed by atoms with Crippen molar-refractivity contribution in [2.24, 2.45) is 0 Å². The molecule has 0 aliphatic rings. The Kier molecular flexibility index (Phi) is 4.01. The number of rotatable bonds is 3. The van der Waals surface area contributed by atoms with Crippen LogP contribution in [-0.2, 0) is 0 Å². The van der Waals surface area contributed by atoms with Crippen LogP contribution in [-0.4, -0.2) is 17.0 Å². The largest absolute Gasteiger partial charge is 0.478 e. The highest BCUT2D eigenvalue weighted by Gasteiger charge is 2.12. The summed E-state index contributed by atoms with van der Waals surface area (Å²) in [6.07, 6.45) is 0. The molecule has 2 aromatic rings. The molecule has 0 spiro atoms. The average Bonchev–Trinajstić information content (AvgIpc) is 2.78. The minimum atomic E-state index is -1.05. The zero-order valence-corrected chi connectivity index (χ0v) is 12.3. The van der Waals surface area contributed by atoms with Gasteiger partial charge in [0.15, 0.2) is 0 Å². The number of aromatic carboxylic acids is 1. The van der Waals surface area contributed by atoms with E-state index >= 15 is 0 Å². The number of aryl methyl sites for hydroxylation is 1. The number of hydrogen-bond donors (Lipinski definition) is 2. The molecule has 0 unspecified atom stereocenters. The number of carboxylic acids is 1. The van der Waals surface area contributed by atoms with Crippen LogP contribution in [0.5, 0.6) is 0 Å². The molecule has 6 heteroatoms. The molecule has 1 heterocycles. The Morgan fingerprint density at radius 1 is 1.32 bits per heavy atom. The van der Waals surface area contributed by atoms with Crippen LogP contribution in [0.3, 0.4) is 0 Å². The number of benzene rings is 1. The Bertz CT molecular complexity index is 651. The first-order valence-corrected chi connectivity index (χ1v) is 7.04. The van der Waals surface area contributed by atoms with Gasteiger partial charge in [-0.2, -0.15) is 0 Å². The quantitative estimate of drug-likeness (QED) is 0.894. The molecule has 0 saturated carbocycles. The summed E-state index contributed by atoms with van der Waals surface area (Å²) >= 11 is 4.51. The highest BCUT2D eigenvalue weighted by atomic mass is 79.9. The number of carboxylic acid groups (broad SMARTS) is 1. The van der Waals surface area contributed by atoms with Crippen molar-refractivity contribution in [3.05, 3.63) is 50.1 Å². The molecule has 1 amide bonds. The third-order valence-corrected chi connectivity index (χ3v) is 4.15. The van der Waals surface area contributed by atoms with Gasteiger partial charge >= 0.3 is 5.97 Å². The molecule has 19 heavy (non-hydrogen) atoms. The lowest BCUT2D eigenvalue weighted by Gasteiger charge is -2.06. The summed E-state index contributed by atoms with van der Waals surface area (Å²) < 4.78 is 0.477. The van der Waals surface area contributed by atoms with Gasteiger partial charge in [-0.3, -0.25) is 4.79 Å². The monoisotopic (exact) mass is 339 g/mol. The fraction of sp³-hybridized carbons (Fsp3) is 0.0769. The second kappa shape index (κ2) is 5.54. The fourth-order valence-electron chi connectivity index (χ4n) is 1.51. The molecule has 0 radical (unpaired) electrons. The van der Waals surface area contributed by atoms with Crippen LogP contribution >= 0.6 is 27.3 Å². The van der Waals surface area contributed by atoms with Gasteiger partial charge in [0.25, 0.3) is 5.91 Å². The predicted molar refractivity (Wildman–Crippen MR) is 78.1 cm³/mol. The zero-order chi connectivity index (χ0) is 14.0. The molecule has 98 valence electrons. The van der Waals surface area contributed by atoms with Crippen molar-refractivity contribution in [1.29, 1.82) is 0 Å². The topological polar surface area (TPSA) is 66.4 Å². The van der Waals surface area contributed by atoms with Gasteiger partial charge in [0.2, 0.25) is 0 Å². The Labute approximate surface area is 122 Å². The predicted octanol–water partition coefficient (Wildman–Crippen LogP) is 3.77. The van der Waals surface area contributed by atoms with E-state index in [9.17, 15) is 9.59 Å². The van der Waals surface area contributed by atoms with Crippen LogP contribution in [0.2, 0.25) is 0 Å². The Morgan fingerprint density at radius 3 is 2.63 bits per heavy atom. The van der Waals surface area contributed by atoms with Gasteiger partial charge in [0.05, 0.1) is 10.4 Å². The molecule has 2 rings (SSSR count). The number of hydrogen-bond acceptors (Lipinski definition) is 3. The van der Waals surface area contributed by atoms with Crippen LogP contribution in [0.25, 0.3) is 0 Å². The summed E-state index contributed by atoms with van der Waals surface area (Å²) in [6.45, 7) is 1.91. The highest BCUT2D eigenvalue weighted by Crippen LogP contribution is 2.22. The summed E-state index contributed by atoms with van der Waals surface area (Å²) in [5, 5.41) is 13.6. The van der Waals surface area contributed by atoms with E-state index in [0.717, 1.165) is 5.56 Å². The number of thiophene rings is 1. The SMILES string of the molecule is Cc1csc(C(=O)Nc2ccc(Br)c(C(=O)O)c2)c1. The molecule has 0 atom stereocenters. The van der Waals surface area contributed by atoms with Gasteiger partial charge in [-0.05, 0) is 58.1 Å². The first-order valence-electron chi connectivity index (χ1n) is 5.36. The fourth-order valence-corrected chi connectivity index (χ4v) is 2.72. The molecule has 4 nitrogen and oxygen atoms in total. The van der Waals surface area contributed by atoms with Gasteiger partial charge in [0.1, 0.15) is 0 Å². The maximum Gasteiger partial charge on any atom is 0.336 e. The minimum Gasteiger partial charge on any atom is -0.478 e. The smallest absolute Gasteiger partial charge is 0.336 e. The number of anilines is 1. The highest BCUT2D eigenvalue weighted by molar-refractivity contribution is 9.10. The first-order chi connectivity index (χ1) is 8.97. The second-order valence-corrected chi connectivity index (χ2v) is 5.71. The van der Waals surface area contributed by atoms with E-state index in [4.69, 9.17) is 5.11 Å². The van der Waals surface area contributed by atoms with Crippen LogP contribution in [0.1, 0.15) is 25.6 Å². The van der Waals surface area contributed by atoms with Gasteiger partial charge in [-0.25, -0.2) is 4.79 Å². The van der Waals surface area contributed by atoms with Gasteiger partial charge < -0.3 is 10.4 Å². The number of carbonyl (C=O) groups excluding carboxylic acids is 1. The summed E-state index contributed by atoms with van der Waals surface area (Å²) in [6, 6.07) is 6.45. The number of carbonyl (C=O) groups is 2. The van der Waals surface area contributed by atoms with E-state index in [2.05, 4.69) is 21.2 Å². The Morgan fingerprint density at radius 2 is 2.05 bits per heavy atom. The van der Waals surface area contributed by atoms with Gasteiger partial charge in [-0.15, -0.1) is 11.3 Å². The standard InChI is InChI=1S/C13H10BrNO3S/c1-7-4-11(19-6-7)12(16)15-8-2-3-10(14)9(5-8)13(17)18/h2-6H,1H3,(H,15,16)(H,17,18). The van der Waals surface area contributed by atoms with E-state index in [1.165, 1.54) is 17.4 Å². The normalized spacial score (nSPS) is 10.2. The van der Waals surface area contributed by atoms with E-state index in [-0.39, 0.29) is 11.5 Å². The molecule has 1 aromatic heterocycles. The third kappa shape index (κ3) is 3.21. The van der Waals surface area contributed by atoms with Crippen molar-refractivity contribution in [3.8, 4) is 0 Å². The van der Waals surface area contributed by atoms with Crippen LogP contribution in [0, 0.1) is 6.92 Å². The number of amides is 1. The van der Waals surface area contributed by atoms with Gasteiger partial charge in [0, 0.05) is 10.2 Å². The first kappa shape index (κ1) is 13.8. The molecule has 0 aliphatic heterocycles. The lowest BCUT2D eigenvalue weighted by atomic mass is 10.2. The van der Waals surface area contributed by atoms with Crippen molar-refractivity contribution >= 4 is 44.8 Å². The maximum absolute atomic E-state index is 11.9. The summed E-state index contributed by atoms with van der Waals surface area (Å²) in [7, 11) is 0. The molecule has 0 aliphatic carbocycles. The van der Waals surface area contributed by atoms with Crippen molar-refractivity contribution in [3.63, 3.8) is 0 Å². The van der Waals surface area contributed by atoms with E-state index in [1.54, 1.807) is 18.2 Å². The Balaban J connectivity index is 2.22. The lowest BCUT2D eigenvalue weighted by Crippen LogP contribution is -2.11. The molecule has 0 fully saturated rings. The zero-order valence-electron chi connectivity index (χ0n) is 9.94. The second-order valence-electron chi connectivity index (χ2n) is 3.94. The number of halogens is 1. The summed E-state index contributed by atoms with van der Waals surface area (Å²) in [5.41, 5.74) is 1.59. The van der Waals surface area contributed by atoms with Crippen LogP contribution in [0.15, 0.2) is 34.1 Å². The minimum absolute atomic E-state index is 0.111. The van der Waals surface area contributed by atoms with E-state index in [1.807, 2.05) is 12.3 Å². The molecule has 2 N–H and O–H groups in total. The van der Waals surface area contributed by atoms with Crippen molar-refractivity contribution in [2.75, 3.05) is 5.32 Å². The molecular weight excluding hydrogens is 330 g/mol. The van der Waals surface area contributed by atoms with Crippen molar-refractivity contribution in [2.45, 2.75) is 6.92 Å². The van der Waals surface area contributed by atoms with Gasteiger partial charge in [-0.1, -0.05) is 0 Å². The van der Waals surface area contributed by atoms with E-state index in [0.29, 0.717) is 15.0 Å². The number of nitrogens with one attached hydrogen (secondary N) is 1. The summed E-state index contributed by atoms with van der Waals surface area (Å²) in [5.74, 6) is -1.29. The third-order valence-electron chi connectivity index (χ3n) is 2.41. The Hall–Kier alpha value is -1.66. The summed E-state index contributed by atoms with van der Waals surface area (Å²) in [4.78, 5) is 23.5. The van der Waals surface area contributed by atoms with Crippen molar-refractivity contribution in [1.82, 2.24) is 0 Å². The van der Waals surface area contributed by atoms with Crippen LogP contribution < -0.4 is 5.32 Å². The molecule has 0 bridgehead atoms. The molecular formula is C13H10BrNO3S.